The molecule has 0 aromatic carbocycles. The fourth-order valence-corrected chi connectivity index (χ4v) is 4.17. The van der Waals surface area contributed by atoms with Gasteiger partial charge in [0.15, 0.2) is 0 Å². The minimum atomic E-state index is -3.76. The molecule has 0 amide bonds. The lowest BCUT2D eigenvalue weighted by Crippen LogP contribution is -2.44. The molecule has 0 fully saturated rings. The van der Waals surface area contributed by atoms with Crippen LogP contribution in [0.1, 0.15) is 32.1 Å². The third-order valence-corrected chi connectivity index (χ3v) is 6.17. The van der Waals surface area contributed by atoms with Crippen molar-refractivity contribution in [3.63, 3.8) is 0 Å². The van der Waals surface area contributed by atoms with Crippen LogP contribution >= 0.6 is 11.3 Å². The van der Waals surface area contributed by atoms with Gasteiger partial charge in [-0.05, 0) is 24.5 Å². The fourth-order valence-electron chi connectivity index (χ4n) is 1.56. The minimum absolute atomic E-state index is 0.166. The van der Waals surface area contributed by atoms with Gasteiger partial charge in [0.1, 0.15) is 10.3 Å². The summed E-state index contributed by atoms with van der Waals surface area (Å²) in [5, 5.41) is 9.11. The van der Waals surface area contributed by atoms with Crippen molar-refractivity contribution in [3.05, 3.63) is 17.0 Å². The summed E-state index contributed by atoms with van der Waals surface area (Å²) in [5.41, 5.74) is 0. The molecule has 7 heteroatoms. The molecule has 19 heavy (non-hydrogen) atoms. The van der Waals surface area contributed by atoms with E-state index in [1.807, 2.05) is 13.8 Å². The van der Waals surface area contributed by atoms with E-state index in [4.69, 9.17) is 5.11 Å². The first-order valence-corrected chi connectivity index (χ1v) is 8.45. The molecule has 0 saturated heterocycles. The zero-order valence-electron chi connectivity index (χ0n) is 11.2. The van der Waals surface area contributed by atoms with Gasteiger partial charge < -0.3 is 5.11 Å². The van der Waals surface area contributed by atoms with Gasteiger partial charge in [0.2, 0.25) is 0 Å². The Bertz CT molecular complexity index is 536. The second-order valence-electron chi connectivity index (χ2n) is 4.40. The lowest BCUT2D eigenvalue weighted by Gasteiger charge is -2.19. The van der Waals surface area contributed by atoms with Crippen LogP contribution in [0, 0.1) is 5.92 Å². The SMILES string of the molecule is CCc1ccc(S(=O)(=O)N[C@H](C(=O)O)C(C)CC)s1. The maximum absolute atomic E-state index is 12.1. The number of hydrogen-bond donors (Lipinski definition) is 2. The number of sulfonamides is 1. The number of aliphatic carboxylic acids is 1. The highest BCUT2D eigenvalue weighted by Gasteiger charge is 2.30. The molecule has 1 aromatic heterocycles. The maximum Gasteiger partial charge on any atom is 0.322 e. The molecule has 1 heterocycles. The summed E-state index contributed by atoms with van der Waals surface area (Å²) in [6.45, 7) is 5.48. The molecule has 1 aromatic rings. The number of carboxylic acid groups (broad SMARTS) is 1. The quantitative estimate of drug-likeness (QED) is 0.808. The van der Waals surface area contributed by atoms with Crippen molar-refractivity contribution in [2.45, 2.75) is 43.9 Å². The summed E-state index contributed by atoms with van der Waals surface area (Å²) in [7, 11) is -3.76. The van der Waals surface area contributed by atoms with E-state index in [-0.39, 0.29) is 10.1 Å². The van der Waals surface area contributed by atoms with Crippen molar-refractivity contribution in [3.8, 4) is 0 Å². The first-order valence-electron chi connectivity index (χ1n) is 6.15. The van der Waals surface area contributed by atoms with E-state index in [0.29, 0.717) is 6.42 Å². The Balaban J connectivity index is 2.97. The molecule has 1 unspecified atom stereocenters. The largest absolute Gasteiger partial charge is 0.480 e. The van der Waals surface area contributed by atoms with Gasteiger partial charge in [-0.15, -0.1) is 11.3 Å². The van der Waals surface area contributed by atoms with E-state index >= 15 is 0 Å². The summed E-state index contributed by atoms with van der Waals surface area (Å²) in [4.78, 5) is 12.1. The van der Waals surface area contributed by atoms with Crippen molar-refractivity contribution in [2.75, 3.05) is 0 Å². The van der Waals surface area contributed by atoms with Gasteiger partial charge in [-0.2, -0.15) is 4.72 Å². The molecule has 5 nitrogen and oxygen atoms in total. The standard InChI is InChI=1S/C12H19NO4S2/c1-4-8(3)11(12(14)15)13-19(16,17)10-7-6-9(5-2)18-10/h6-8,11,13H,4-5H2,1-3H3,(H,14,15)/t8?,11-/m0/s1. The Morgan fingerprint density at radius 3 is 2.47 bits per heavy atom. The Kier molecular flexibility index (Phi) is 5.51. The summed E-state index contributed by atoms with van der Waals surface area (Å²) in [6.07, 6.45) is 1.35. The zero-order valence-corrected chi connectivity index (χ0v) is 12.8. The molecule has 0 bridgehead atoms. The predicted octanol–water partition coefficient (Wildman–Crippen LogP) is 2.09. The topological polar surface area (TPSA) is 83.5 Å². The van der Waals surface area contributed by atoms with Crippen LogP contribution in [0.15, 0.2) is 16.3 Å². The number of aryl methyl sites for hydroxylation is 1. The molecule has 0 aliphatic heterocycles. The number of hydrogen-bond acceptors (Lipinski definition) is 4. The van der Waals surface area contributed by atoms with Gasteiger partial charge in [-0.25, -0.2) is 8.42 Å². The Hall–Kier alpha value is -0.920. The van der Waals surface area contributed by atoms with Crippen molar-refractivity contribution in [1.29, 1.82) is 0 Å². The van der Waals surface area contributed by atoms with Crippen molar-refractivity contribution in [1.82, 2.24) is 4.72 Å². The average molecular weight is 305 g/mol. The predicted molar refractivity (Wildman–Crippen MR) is 74.9 cm³/mol. The van der Waals surface area contributed by atoms with Crippen LogP contribution in [-0.2, 0) is 21.2 Å². The molecule has 0 radical (unpaired) electrons. The summed E-state index contributed by atoms with van der Waals surface area (Å²) < 4.78 is 26.7. The maximum atomic E-state index is 12.1. The van der Waals surface area contributed by atoms with Crippen LogP contribution in [0.2, 0.25) is 0 Å². The highest BCUT2D eigenvalue weighted by atomic mass is 32.2. The van der Waals surface area contributed by atoms with E-state index < -0.39 is 22.0 Å². The fraction of sp³-hybridized carbons (Fsp3) is 0.583. The zero-order chi connectivity index (χ0) is 14.6. The molecule has 0 saturated carbocycles. The molecule has 0 spiro atoms. The summed E-state index contributed by atoms with van der Waals surface area (Å²) in [6, 6.07) is 2.17. The van der Waals surface area contributed by atoms with Gasteiger partial charge in [-0.3, -0.25) is 4.79 Å². The molecule has 2 atom stereocenters. The monoisotopic (exact) mass is 305 g/mol. The summed E-state index contributed by atoms with van der Waals surface area (Å²) >= 11 is 1.17. The molecular formula is C12H19NO4S2. The second-order valence-corrected chi connectivity index (χ2v) is 7.51. The molecular weight excluding hydrogens is 286 g/mol. The van der Waals surface area contributed by atoms with Crippen LogP contribution < -0.4 is 4.72 Å². The van der Waals surface area contributed by atoms with Crippen molar-refractivity contribution >= 4 is 27.3 Å². The molecule has 0 aliphatic rings. The van der Waals surface area contributed by atoms with Gasteiger partial charge in [0, 0.05) is 4.88 Å². The minimum Gasteiger partial charge on any atom is -0.480 e. The lowest BCUT2D eigenvalue weighted by atomic mass is 10.0. The second kappa shape index (κ2) is 6.49. The lowest BCUT2D eigenvalue weighted by molar-refractivity contribution is -0.140. The van der Waals surface area contributed by atoms with Gasteiger partial charge in [0.25, 0.3) is 10.0 Å². The normalized spacial score (nSPS) is 15.1. The Labute approximate surface area is 117 Å². The third kappa shape index (κ3) is 4.02. The highest BCUT2D eigenvalue weighted by molar-refractivity contribution is 7.91. The van der Waals surface area contributed by atoms with E-state index in [1.54, 1.807) is 13.0 Å². The van der Waals surface area contributed by atoms with Crippen LogP contribution in [0.5, 0.6) is 0 Å². The number of rotatable bonds is 7. The molecule has 2 N–H and O–H groups in total. The van der Waals surface area contributed by atoms with Crippen LogP contribution in [0.4, 0.5) is 0 Å². The molecule has 108 valence electrons. The third-order valence-electron chi connectivity index (χ3n) is 3.01. The van der Waals surface area contributed by atoms with Crippen molar-refractivity contribution in [2.24, 2.45) is 5.92 Å². The van der Waals surface area contributed by atoms with E-state index in [0.717, 1.165) is 11.3 Å². The smallest absolute Gasteiger partial charge is 0.322 e. The van der Waals surface area contributed by atoms with Crippen LogP contribution in [0.3, 0.4) is 0 Å². The number of carboxylic acids is 1. The Morgan fingerprint density at radius 1 is 1.42 bits per heavy atom. The average Bonchev–Trinajstić information content (AvgIpc) is 2.84. The highest BCUT2D eigenvalue weighted by Crippen LogP contribution is 2.23. The Morgan fingerprint density at radius 2 is 2.05 bits per heavy atom. The number of nitrogens with one attached hydrogen (secondary N) is 1. The first kappa shape index (κ1) is 16.1. The van der Waals surface area contributed by atoms with Crippen LogP contribution in [-0.4, -0.2) is 25.5 Å². The molecule has 1 rings (SSSR count). The van der Waals surface area contributed by atoms with Gasteiger partial charge in [-0.1, -0.05) is 27.2 Å². The van der Waals surface area contributed by atoms with E-state index in [2.05, 4.69) is 4.72 Å². The number of thiophene rings is 1. The van der Waals surface area contributed by atoms with E-state index in [9.17, 15) is 13.2 Å². The summed E-state index contributed by atoms with van der Waals surface area (Å²) in [5.74, 6) is -1.41. The van der Waals surface area contributed by atoms with Crippen LogP contribution in [0.25, 0.3) is 0 Å². The van der Waals surface area contributed by atoms with Gasteiger partial charge >= 0.3 is 5.97 Å². The van der Waals surface area contributed by atoms with Crippen molar-refractivity contribution < 1.29 is 18.3 Å². The first-order chi connectivity index (χ1) is 8.81. The molecule has 0 aliphatic carbocycles. The number of carbonyl (C=O) groups is 1. The van der Waals surface area contributed by atoms with Gasteiger partial charge in [0.05, 0.1) is 0 Å². The van der Waals surface area contributed by atoms with E-state index in [1.165, 1.54) is 17.4 Å².